The number of para-hydroxylation sites is 1. The highest BCUT2D eigenvalue weighted by Gasteiger charge is 2.24. The summed E-state index contributed by atoms with van der Waals surface area (Å²) in [5.74, 6) is 0.480. The molecule has 1 N–H and O–H groups in total. The summed E-state index contributed by atoms with van der Waals surface area (Å²) in [4.78, 5) is 36.2. The van der Waals surface area contributed by atoms with E-state index in [9.17, 15) is 9.59 Å². The Balaban J connectivity index is 1.75. The fraction of sp³-hybridized carbons (Fsp3) is 0.429. The van der Waals surface area contributed by atoms with E-state index in [0.29, 0.717) is 37.7 Å². The molecule has 0 saturated carbocycles. The lowest BCUT2D eigenvalue weighted by atomic mass is 9.86. The molecule has 1 aliphatic heterocycles. The van der Waals surface area contributed by atoms with E-state index in [2.05, 4.69) is 42.1 Å². The number of hydrogen-bond acceptors (Lipinski definition) is 5. The second kappa shape index (κ2) is 7.96. The van der Waals surface area contributed by atoms with Crippen LogP contribution in [0.5, 0.6) is 0 Å². The van der Waals surface area contributed by atoms with Crippen LogP contribution in [0.3, 0.4) is 0 Å². The summed E-state index contributed by atoms with van der Waals surface area (Å²) >= 11 is 0. The molecule has 28 heavy (non-hydrogen) atoms. The van der Waals surface area contributed by atoms with Gasteiger partial charge in [0.2, 0.25) is 5.91 Å². The van der Waals surface area contributed by atoms with E-state index in [4.69, 9.17) is 0 Å². The number of amides is 2. The Hall–Kier alpha value is -2.96. The summed E-state index contributed by atoms with van der Waals surface area (Å²) in [6, 6.07) is 9.76. The Morgan fingerprint density at radius 3 is 2.29 bits per heavy atom. The van der Waals surface area contributed by atoms with Gasteiger partial charge in [-0.2, -0.15) is 0 Å². The lowest BCUT2D eigenvalue weighted by molar-refractivity contribution is -0.130. The molecule has 7 nitrogen and oxygen atoms in total. The Kier molecular flexibility index (Phi) is 5.63. The highest BCUT2D eigenvalue weighted by molar-refractivity contribution is 5.93. The molecule has 0 unspecified atom stereocenters. The average Bonchev–Trinajstić information content (AvgIpc) is 2.67. The minimum atomic E-state index is -0.141. The molecule has 1 aromatic carbocycles. The monoisotopic (exact) mass is 381 g/mol. The molecular formula is C21H27N5O2. The Bertz CT molecular complexity index is 867. The maximum Gasteiger partial charge on any atom is 0.272 e. The quantitative estimate of drug-likeness (QED) is 0.884. The number of rotatable bonds is 3. The van der Waals surface area contributed by atoms with Crippen LogP contribution in [-0.2, 0) is 10.2 Å². The van der Waals surface area contributed by atoms with Gasteiger partial charge in [0.25, 0.3) is 5.91 Å². The number of piperazine rings is 1. The van der Waals surface area contributed by atoms with Crippen molar-refractivity contribution < 1.29 is 9.59 Å². The number of carbonyl (C=O) groups is 2. The number of nitrogens with zero attached hydrogens (tertiary/aromatic N) is 4. The van der Waals surface area contributed by atoms with Gasteiger partial charge in [0, 0.05) is 44.9 Å². The third-order valence-corrected chi connectivity index (χ3v) is 4.90. The Labute approximate surface area is 165 Å². The van der Waals surface area contributed by atoms with Crippen LogP contribution >= 0.6 is 0 Å². The van der Waals surface area contributed by atoms with Gasteiger partial charge in [-0.1, -0.05) is 39.0 Å². The van der Waals surface area contributed by atoms with E-state index in [0.717, 1.165) is 5.69 Å². The highest BCUT2D eigenvalue weighted by atomic mass is 16.2. The molecular weight excluding hydrogens is 354 g/mol. The first-order valence-corrected chi connectivity index (χ1v) is 9.49. The summed E-state index contributed by atoms with van der Waals surface area (Å²) < 4.78 is 0. The molecule has 2 heterocycles. The van der Waals surface area contributed by atoms with Gasteiger partial charge in [-0.15, -0.1) is 0 Å². The summed E-state index contributed by atoms with van der Waals surface area (Å²) in [7, 11) is 0. The van der Waals surface area contributed by atoms with Gasteiger partial charge in [-0.05, 0) is 17.0 Å². The molecule has 0 spiro atoms. The summed E-state index contributed by atoms with van der Waals surface area (Å²) in [5.41, 5.74) is 2.46. The first kappa shape index (κ1) is 19.8. The van der Waals surface area contributed by atoms with Crippen LogP contribution in [0.1, 0.15) is 43.7 Å². The van der Waals surface area contributed by atoms with Gasteiger partial charge >= 0.3 is 0 Å². The zero-order chi connectivity index (χ0) is 20.3. The molecule has 0 radical (unpaired) electrons. The molecule has 3 rings (SSSR count). The number of anilines is 2. The predicted octanol–water partition coefficient (Wildman–Crippen LogP) is 2.82. The van der Waals surface area contributed by atoms with Gasteiger partial charge in [-0.25, -0.2) is 9.97 Å². The van der Waals surface area contributed by atoms with Crippen molar-refractivity contribution in [3.63, 3.8) is 0 Å². The second-order valence-electron chi connectivity index (χ2n) is 8.01. The minimum Gasteiger partial charge on any atom is -0.340 e. The Morgan fingerprint density at radius 2 is 1.64 bits per heavy atom. The lowest BCUT2D eigenvalue weighted by Crippen LogP contribution is -2.50. The topological polar surface area (TPSA) is 78.4 Å². The van der Waals surface area contributed by atoms with Crippen LogP contribution in [0.2, 0.25) is 0 Å². The van der Waals surface area contributed by atoms with Crippen LogP contribution in [0.15, 0.2) is 36.7 Å². The van der Waals surface area contributed by atoms with Gasteiger partial charge in [0.05, 0.1) is 0 Å². The van der Waals surface area contributed by atoms with Crippen molar-refractivity contribution in [3.8, 4) is 0 Å². The van der Waals surface area contributed by atoms with Crippen molar-refractivity contribution in [1.82, 2.24) is 19.8 Å². The molecule has 2 amide bonds. The molecule has 0 atom stereocenters. The average molecular weight is 381 g/mol. The molecule has 1 aromatic heterocycles. The van der Waals surface area contributed by atoms with E-state index in [1.165, 1.54) is 11.9 Å². The van der Waals surface area contributed by atoms with Crippen LogP contribution in [-0.4, -0.2) is 57.8 Å². The number of benzene rings is 1. The zero-order valence-electron chi connectivity index (χ0n) is 16.9. The number of hydrogen-bond donors (Lipinski definition) is 1. The predicted molar refractivity (Wildman–Crippen MR) is 109 cm³/mol. The first-order valence-electron chi connectivity index (χ1n) is 9.49. The van der Waals surface area contributed by atoms with Crippen LogP contribution < -0.4 is 5.32 Å². The fourth-order valence-electron chi connectivity index (χ4n) is 3.31. The fourth-order valence-corrected chi connectivity index (χ4v) is 3.31. The second-order valence-corrected chi connectivity index (χ2v) is 8.01. The van der Waals surface area contributed by atoms with E-state index in [1.54, 1.807) is 22.8 Å². The largest absolute Gasteiger partial charge is 0.340 e. The number of aromatic nitrogens is 2. The Morgan fingerprint density at radius 1 is 1.00 bits per heavy atom. The van der Waals surface area contributed by atoms with Crippen molar-refractivity contribution in [2.45, 2.75) is 33.1 Å². The summed E-state index contributed by atoms with van der Waals surface area (Å²) in [6.45, 7) is 10.1. The van der Waals surface area contributed by atoms with E-state index < -0.39 is 0 Å². The van der Waals surface area contributed by atoms with Crippen LogP contribution in [0.4, 0.5) is 11.5 Å². The highest BCUT2D eigenvalue weighted by Crippen LogP contribution is 2.30. The molecule has 1 aliphatic rings. The third-order valence-electron chi connectivity index (χ3n) is 4.90. The molecule has 0 bridgehead atoms. The molecule has 2 aromatic rings. The van der Waals surface area contributed by atoms with Gasteiger partial charge < -0.3 is 15.1 Å². The van der Waals surface area contributed by atoms with Gasteiger partial charge in [0.1, 0.15) is 17.8 Å². The van der Waals surface area contributed by atoms with Crippen molar-refractivity contribution in [1.29, 1.82) is 0 Å². The molecule has 148 valence electrons. The number of carbonyl (C=O) groups excluding carboxylic acids is 2. The number of nitrogens with one attached hydrogen (secondary N) is 1. The maximum absolute atomic E-state index is 12.8. The van der Waals surface area contributed by atoms with E-state index in [1.807, 2.05) is 18.2 Å². The third kappa shape index (κ3) is 4.47. The maximum atomic E-state index is 12.8. The van der Waals surface area contributed by atoms with Gasteiger partial charge in [0.15, 0.2) is 0 Å². The normalized spacial score (nSPS) is 14.7. The van der Waals surface area contributed by atoms with Crippen LogP contribution in [0.25, 0.3) is 0 Å². The van der Waals surface area contributed by atoms with Crippen molar-refractivity contribution in [2.24, 2.45) is 0 Å². The van der Waals surface area contributed by atoms with Crippen LogP contribution in [0, 0.1) is 0 Å². The standard InChI is InChI=1S/C21H27N5O2/c1-15(27)25-9-11-26(12-10-25)20(28)18-13-19(23-14-22-18)24-17-8-6-5-7-16(17)21(2,3)4/h5-8,13-14H,9-12H2,1-4H3,(H,22,23,24). The molecule has 1 fully saturated rings. The summed E-state index contributed by atoms with van der Waals surface area (Å²) in [6.07, 6.45) is 1.40. The van der Waals surface area contributed by atoms with Gasteiger partial charge in [-0.3, -0.25) is 9.59 Å². The SMILES string of the molecule is CC(=O)N1CCN(C(=O)c2cc(Nc3ccccc3C(C)(C)C)ncn2)CC1. The lowest BCUT2D eigenvalue weighted by Gasteiger charge is -2.34. The molecule has 7 heteroatoms. The molecule has 1 saturated heterocycles. The summed E-state index contributed by atoms with van der Waals surface area (Å²) in [5, 5.41) is 3.32. The van der Waals surface area contributed by atoms with E-state index >= 15 is 0 Å². The minimum absolute atomic E-state index is 0.0222. The van der Waals surface area contributed by atoms with Crippen molar-refractivity contribution in [2.75, 3.05) is 31.5 Å². The van der Waals surface area contributed by atoms with E-state index in [-0.39, 0.29) is 17.2 Å². The smallest absolute Gasteiger partial charge is 0.272 e. The van der Waals surface area contributed by atoms with Crippen molar-refractivity contribution >= 4 is 23.3 Å². The molecule has 0 aliphatic carbocycles. The first-order chi connectivity index (χ1) is 13.3. The zero-order valence-corrected chi connectivity index (χ0v) is 16.9. The van der Waals surface area contributed by atoms with Crippen molar-refractivity contribution in [3.05, 3.63) is 47.9 Å².